The lowest BCUT2D eigenvalue weighted by molar-refractivity contribution is -0.384. The monoisotopic (exact) mass is 427 g/mol. The van der Waals surface area contributed by atoms with E-state index in [9.17, 15) is 14.9 Å². The number of methoxy groups -OCH3 is 1. The molecule has 0 radical (unpaired) electrons. The molecule has 2 aromatic carbocycles. The zero-order valence-corrected chi connectivity index (χ0v) is 16.7. The number of non-ortho nitro benzene ring substituents is 1. The minimum Gasteiger partial charge on any atom is -0.497 e. The first-order valence-electron chi connectivity index (χ1n) is 9.02. The van der Waals surface area contributed by atoms with E-state index in [0.717, 1.165) is 11.3 Å². The second-order valence-electron chi connectivity index (χ2n) is 6.33. The van der Waals surface area contributed by atoms with Crippen LogP contribution in [-0.4, -0.2) is 37.5 Å². The van der Waals surface area contributed by atoms with Crippen molar-refractivity contribution in [2.75, 3.05) is 12.9 Å². The van der Waals surface area contributed by atoms with Gasteiger partial charge in [-0.1, -0.05) is 11.8 Å². The summed E-state index contributed by atoms with van der Waals surface area (Å²) in [5.74, 6) is 1.55. The van der Waals surface area contributed by atoms with Gasteiger partial charge in [0.1, 0.15) is 5.75 Å². The lowest BCUT2D eigenvalue weighted by Gasteiger charge is -2.01. The normalized spacial score (nSPS) is 11.1. The summed E-state index contributed by atoms with van der Waals surface area (Å²) in [6.45, 7) is 0.371. The summed E-state index contributed by atoms with van der Waals surface area (Å²) in [5.41, 5.74) is 1.56. The van der Waals surface area contributed by atoms with E-state index in [2.05, 4.69) is 15.2 Å². The van der Waals surface area contributed by atoms with Gasteiger partial charge >= 0.3 is 5.76 Å². The number of thioether (sulfide) groups is 1. The second kappa shape index (κ2) is 8.41. The van der Waals surface area contributed by atoms with Gasteiger partial charge in [-0.2, -0.15) is 0 Å². The maximum Gasteiger partial charge on any atom is 0.419 e. The van der Waals surface area contributed by atoms with Crippen LogP contribution in [0.15, 0.2) is 56.8 Å². The minimum absolute atomic E-state index is 0.0850. The van der Waals surface area contributed by atoms with Crippen LogP contribution in [0.1, 0.15) is 6.42 Å². The SMILES string of the molecule is COc1ccc(-c2nc(SCCCn3c(=O)oc4ccc([N+](=O)[O-])cc43)n[nH]2)cc1. The lowest BCUT2D eigenvalue weighted by atomic mass is 10.2. The fourth-order valence-corrected chi connectivity index (χ4v) is 3.67. The third kappa shape index (κ3) is 4.06. The molecule has 0 aliphatic rings. The van der Waals surface area contributed by atoms with Gasteiger partial charge in [0.2, 0.25) is 5.16 Å². The Labute approximate surface area is 174 Å². The Balaban J connectivity index is 1.38. The molecule has 0 unspecified atom stereocenters. The van der Waals surface area contributed by atoms with Crippen molar-refractivity contribution >= 4 is 28.5 Å². The molecular formula is C19H17N5O5S. The van der Waals surface area contributed by atoms with E-state index in [1.54, 1.807) is 7.11 Å². The van der Waals surface area contributed by atoms with Gasteiger partial charge in [-0.05, 0) is 36.8 Å². The zero-order valence-electron chi connectivity index (χ0n) is 15.9. The number of hydrogen-bond donors (Lipinski definition) is 1. The van der Waals surface area contributed by atoms with Crippen LogP contribution in [0.2, 0.25) is 0 Å². The second-order valence-corrected chi connectivity index (χ2v) is 7.39. The number of aromatic nitrogens is 4. The first kappa shape index (κ1) is 19.7. The Morgan fingerprint density at radius 1 is 1.27 bits per heavy atom. The highest BCUT2D eigenvalue weighted by Crippen LogP contribution is 2.23. The van der Waals surface area contributed by atoms with E-state index < -0.39 is 10.7 Å². The average molecular weight is 427 g/mol. The van der Waals surface area contributed by atoms with Gasteiger partial charge in [-0.3, -0.25) is 19.8 Å². The van der Waals surface area contributed by atoms with E-state index in [1.807, 2.05) is 24.3 Å². The Morgan fingerprint density at radius 3 is 2.80 bits per heavy atom. The fourth-order valence-electron chi connectivity index (χ4n) is 2.95. The zero-order chi connectivity index (χ0) is 21.1. The number of nitro groups is 1. The highest BCUT2D eigenvalue weighted by atomic mass is 32.2. The van der Waals surface area contributed by atoms with Crippen molar-refractivity contribution in [3.8, 4) is 17.1 Å². The van der Waals surface area contributed by atoms with Crippen LogP contribution in [0.4, 0.5) is 5.69 Å². The van der Waals surface area contributed by atoms with Gasteiger partial charge in [0.05, 0.1) is 17.5 Å². The molecule has 0 saturated carbocycles. The van der Waals surface area contributed by atoms with Crippen LogP contribution in [0, 0.1) is 10.1 Å². The van der Waals surface area contributed by atoms with E-state index in [1.165, 1.54) is 34.5 Å². The number of nitrogens with one attached hydrogen (secondary N) is 1. The fraction of sp³-hybridized carbons (Fsp3) is 0.211. The quantitative estimate of drug-likeness (QED) is 0.196. The van der Waals surface area contributed by atoms with Crippen LogP contribution >= 0.6 is 11.8 Å². The number of aromatic amines is 1. The van der Waals surface area contributed by atoms with Crippen molar-refractivity contribution in [1.82, 2.24) is 19.7 Å². The van der Waals surface area contributed by atoms with Crippen LogP contribution in [0.25, 0.3) is 22.5 Å². The van der Waals surface area contributed by atoms with E-state index in [4.69, 9.17) is 9.15 Å². The summed E-state index contributed by atoms with van der Waals surface area (Å²) < 4.78 is 11.7. The molecule has 2 heterocycles. The van der Waals surface area contributed by atoms with Crippen molar-refractivity contribution in [2.45, 2.75) is 18.1 Å². The molecule has 0 spiro atoms. The Hall–Kier alpha value is -3.60. The summed E-state index contributed by atoms with van der Waals surface area (Å²) >= 11 is 1.45. The molecule has 0 atom stereocenters. The average Bonchev–Trinajstić information content (AvgIpc) is 3.35. The van der Waals surface area contributed by atoms with Crippen LogP contribution in [0.5, 0.6) is 5.75 Å². The molecule has 10 nitrogen and oxygen atoms in total. The molecule has 30 heavy (non-hydrogen) atoms. The molecule has 4 rings (SSSR count). The Bertz CT molecular complexity index is 1240. The van der Waals surface area contributed by atoms with Gasteiger partial charge in [-0.15, -0.1) is 5.10 Å². The standard InChI is InChI=1S/C19H17N5O5S/c1-28-14-6-3-12(4-7-14)17-20-18(22-21-17)30-10-2-9-23-15-11-13(24(26)27)5-8-16(15)29-19(23)25/h3-8,11H,2,9-10H2,1H3,(H,20,21,22). The number of oxazole rings is 1. The van der Waals surface area contributed by atoms with Crippen LogP contribution in [-0.2, 0) is 6.54 Å². The first-order chi connectivity index (χ1) is 14.5. The van der Waals surface area contributed by atoms with Crippen LogP contribution in [0.3, 0.4) is 0 Å². The summed E-state index contributed by atoms with van der Waals surface area (Å²) in [6.07, 6.45) is 0.633. The molecule has 0 bridgehead atoms. The Kier molecular flexibility index (Phi) is 5.53. The number of H-pyrrole nitrogens is 1. The molecule has 4 aromatic rings. The number of benzene rings is 2. The third-order valence-corrected chi connectivity index (χ3v) is 5.38. The highest BCUT2D eigenvalue weighted by Gasteiger charge is 2.14. The predicted molar refractivity (Wildman–Crippen MR) is 111 cm³/mol. The smallest absolute Gasteiger partial charge is 0.419 e. The number of nitro benzene ring substituents is 1. The molecule has 154 valence electrons. The molecule has 1 N–H and O–H groups in total. The summed E-state index contributed by atoms with van der Waals surface area (Å²) in [4.78, 5) is 27.0. The van der Waals surface area contributed by atoms with Gasteiger partial charge in [0.15, 0.2) is 11.4 Å². The number of aryl methyl sites for hydroxylation is 1. The summed E-state index contributed by atoms with van der Waals surface area (Å²) in [6, 6.07) is 11.6. The van der Waals surface area contributed by atoms with Crippen molar-refractivity contribution < 1.29 is 14.1 Å². The molecule has 0 saturated heterocycles. The number of fused-ring (bicyclic) bond motifs is 1. The maximum absolute atomic E-state index is 12.1. The van der Waals surface area contributed by atoms with Crippen LogP contribution < -0.4 is 10.5 Å². The number of ether oxygens (including phenoxy) is 1. The third-order valence-electron chi connectivity index (χ3n) is 4.45. The van der Waals surface area contributed by atoms with Gasteiger partial charge in [0, 0.05) is 30.0 Å². The molecule has 11 heteroatoms. The largest absolute Gasteiger partial charge is 0.497 e. The minimum atomic E-state index is -0.532. The van der Waals surface area contributed by atoms with E-state index in [-0.39, 0.29) is 5.69 Å². The molecule has 0 fully saturated rings. The molecule has 2 aromatic heterocycles. The van der Waals surface area contributed by atoms with Gasteiger partial charge < -0.3 is 9.15 Å². The van der Waals surface area contributed by atoms with Crippen molar-refractivity contribution in [1.29, 1.82) is 0 Å². The van der Waals surface area contributed by atoms with Gasteiger partial charge in [0.25, 0.3) is 5.69 Å². The molecule has 0 aliphatic carbocycles. The van der Waals surface area contributed by atoms with Crippen molar-refractivity contribution in [2.24, 2.45) is 0 Å². The maximum atomic E-state index is 12.1. The number of rotatable bonds is 8. The number of hydrogen-bond acceptors (Lipinski definition) is 8. The summed E-state index contributed by atoms with van der Waals surface area (Å²) in [7, 11) is 1.61. The topological polar surface area (TPSA) is 129 Å². The summed E-state index contributed by atoms with van der Waals surface area (Å²) in [5, 5.41) is 18.7. The lowest BCUT2D eigenvalue weighted by Crippen LogP contribution is -2.14. The molecule has 0 aliphatic heterocycles. The first-order valence-corrected chi connectivity index (χ1v) is 10.0. The van der Waals surface area contributed by atoms with Crippen molar-refractivity contribution in [3.63, 3.8) is 0 Å². The number of nitrogens with zero attached hydrogens (tertiary/aromatic N) is 4. The van der Waals surface area contributed by atoms with E-state index >= 15 is 0 Å². The molecule has 0 amide bonds. The molecular weight excluding hydrogens is 410 g/mol. The Morgan fingerprint density at radius 2 is 2.07 bits per heavy atom. The van der Waals surface area contributed by atoms with Crippen molar-refractivity contribution in [3.05, 3.63) is 63.1 Å². The van der Waals surface area contributed by atoms with Gasteiger partial charge in [-0.25, -0.2) is 9.78 Å². The van der Waals surface area contributed by atoms with E-state index in [0.29, 0.717) is 40.8 Å². The predicted octanol–water partition coefficient (Wildman–Crippen LogP) is 3.48. The highest BCUT2D eigenvalue weighted by molar-refractivity contribution is 7.99.